The highest BCUT2D eigenvalue weighted by Gasteiger charge is 2.66. The number of carbonyl (C=O) groups excluding carboxylic acids is 1. The highest BCUT2D eigenvalue weighted by Crippen LogP contribution is 2.65. The first kappa shape index (κ1) is 21.7. The smallest absolute Gasteiger partial charge is 0.219 e. The van der Waals surface area contributed by atoms with Gasteiger partial charge in [0.25, 0.3) is 0 Å². The molecule has 5 heteroatoms. The van der Waals surface area contributed by atoms with Crippen molar-refractivity contribution < 1.29 is 14.5 Å². The molecule has 28 heavy (non-hydrogen) atoms. The zero-order chi connectivity index (χ0) is 20.7. The topological polar surface area (TPSA) is 69.4 Å². The average Bonchev–Trinajstić information content (AvgIpc) is 2.99. The maximum atomic E-state index is 13.4. The van der Waals surface area contributed by atoms with Crippen molar-refractivity contribution in [3.63, 3.8) is 0 Å². The Hall–Kier alpha value is -0.970. The van der Waals surface area contributed by atoms with E-state index in [1.165, 1.54) is 6.42 Å². The zero-order valence-electron chi connectivity index (χ0n) is 18.4. The van der Waals surface area contributed by atoms with Crippen LogP contribution in [0.4, 0.5) is 0 Å². The molecule has 5 nitrogen and oxygen atoms in total. The van der Waals surface area contributed by atoms with Crippen LogP contribution in [-0.2, 0) is 9.53 Å². The first-order chi connectivity index (χ1) is 13.3. The third-order valence-corrected chi connectivity index (χ3v) is 8.86. The Kier molecular flexibility index (Phi) is 6.24. The molecule has 4 rings (SSSR count). The van der Waals surface area contributed by atoms with Gasteiger partial charge in [0, 0.05) is 35.7 Å². The van der Waals surface area contributed by atoms with Crippen LogP contribution in [0.5, 0.6) is 0 Å². The van der Waals surface area contributed by atoms with E-state index in [0.29, 0.717) is 36.4 Å². The molecule has 0 amide bonds. The van der Waals surface area contributed by atoms with Crippen LogP contribution in [0.15, 0.2) is 0 Å². The second kappa shape index (κ2) is 8.04. The summed E-state index contributed by atoms with van der Waals surface area (Å²) >= 11 is 0. The molecule has 4 aliphatic carbocycles. The third kappa shape index (κ3) is 3.22. The van der Waals surface area contributed by atoms with Crippen LogP contribution in [0.1, 0.15) is 86.0 Å². The van der Waals surface area contributed by atoms with E-state index in [1.807, 2.05) is 27.7 Å². The SMILES string of the molecule is CC.CCOC1CCC2CCC3C4CCC([N+](=O)[O-])C4(C)CC(=O)C3C2(C)C1. The molecule has 0 bridgehead atoms. The fourth-order valence-corrected chi connectivity index (χ4v) is 7.83. The van der Waals surface area contributed by atoms with E-state index < -0.39 is 11.5 Å². The lowest BCUT2D eigenvalue weighted by molar-refractivity contribution is -0.539. The molecule has 0 aromatic heterocycles. The summed E-state index contributed by atoms with van der Waals surface area (Å²) in [5, 5.41) is 11.6. The van der Waals surface area contributed by atoms with E-state index in [4.69, 9.17) is 4.74 Å². The summed E-state index contributed by atoms with van der Waals surface area (Å²) in [5.41, 5.74) is -0.412. The van der Waals surface area contributed by atoms with Gasteiger partial charge in [-0.05, 0) is 68.6 Å². The van der Waals surface area contributed by atoms with Gasteiger partial charge >= 0.3 is 0 Å². The fourth-order valence-electron chi connectivity index (χ4n) is 7.83. The van der Waals surface area contributed by atoms with Gasteiger partial charge in [-0.3, -0.25) is 14.9 Å². The Morgan fingerprint density at radius 1 is 1.07 bits per heavy atom. The number of ketones is 1. The monoisotopic (exact) mass is 393 g/mol. The Labute approximate surface area is 170 Å². The van der Waals surface area contributed by atoms with Gasteiger partial charge in [-0.1, -0.05) is 27.7 Å². The third-order valence-electron chi connectivity index (χ3n) is 8.86. The molecule has 0 saturated heterocycles. The maximum absolute atomic E-state index is 13.4. The van der Waals surface area contributed by atoms with Crippen LogP contribution in [0.2, 0.25) is 0 Å². The van der Waals surface area contributed by atoms with E-state index in [0.717, 1.165) is 38.7 Å². The van der Waals surface area contributed by atoms with Gasteiger partial charge in [0.1, 0.15) is 5.78 Å². The Morgan fingerprint density at radius 2 is 1.75 bits per heavy atom. The number of rotatable bonds is 3. The van der Waals surface area contributed by atoms with Crippen LogP contribution in [-0.4, -0.2) is 29.5 Å². The molecule has 160 valence electrons. The minimum absolute atomic E-state index is 0.0200. The Morgan fingerprint density at radius 3 is 2.39 bits per heavy atom. The summed E-state index contributed by atoms with van der Waals surface area (Å²) in [4.78, 5) is 24.9. The molecule has 0 heterocycles. The van der Waals surface area contributed by atoms with E-state index in [2.05, 4.69) is 6.92 Å². The second-order valence-electron chi connectivity index (χ2n) is 9.91. The van der Waals surface area contributed by atoms with Crippen LogP contribution in [0.25, 0.3) is 0 Å². The number of hydrogen-bond acceptors (Lipinski definition) is 4. The minimum atomic E-state index is -0.537. The molecule has 4 fully saturated rings. The summed E-state index contributed by atoms with van der Waals surface area (Å²) in [5.74, 6) is 1.69. The van der Waals surface area contributed by atoms with Crippen molar-refractivity contribution in [2.75, 3.05) is 6.61 Å². The van der Waals surface area contributed by atoms with Crippen LogP contribution in [0, 0.1) is 44.6 Å². The Balaban J connectivity index is 0.00000109. The molecule has 4 aliphatic rings. The number of ether oxygens (including phenoxy) is 1. The summed E-state index contributed by atoms with van der Waals surface area (Å²) < 4.78 is 5.97. The molecule has 8 atom stereocenters. The number of carbonyl (C=O) groups is 1. The summed E-state index contributed by atoms with van der Waals surface area (Å²) in [6.07, 6.45) is 7.78. The van der Waals surface area contributed by atoms with Gasteiger partial charge in [-0.2, -0.15) is 0 Å². The number of hydrogen-bond donors (Lipinski definition) is 0. The molecular formula is C23H39NO4. The lowest BCUT2D eigenvalue weighted by Gasteiger charge is -2.59. The van der Waals surface area contributed by atoms with Crippen molar-refractivity contribution in [3.8, 4) is 0 Å². The van der Waals surface area contributed by atoms with Crippen LogP contribution < -0.4 is 0 Å². The predicted octanol–water partition coefficient (Wildman–Crippen LogP) is 5.28. The van der Waals surface area contributed by atoms with Gasteiger partial charge < -0.3 is 4.74 Å². The molecule has 0 N–H and O–H groups in total. The molecule has 0 spiro atoms. The predicted molar refractivity (Wildman–Crippen MR) is 110 cm³/mol. The number of fused-ring (bicyclic) bond motifs is 5. The first-order valence-corrected chi connectivity index (χ1v) is 11.6. The summed E-state index contributed by atoms with van der Waals surface area (Å²) in [7, 11) is 0. The van der Waals surface area contributed by atoms with E-state index in [9.17, 15) is 14.9 Å². The lowest BCUT2D eigenvalue weighted by Crippen LogP contribution is -2.59. The summed E-state index contributed by atoms with van der Waals surface area (Å²) in [6, 6.07) is -0.537. The lowest BCUT2D eigenvalue weighted by atomic mass is 9.44. The zero-order valence-corrected chi connectivity index (χ0v) is 18.4. The van der Waals surface area contributed by atoms with Gasteiger partial charge in [0.15, 0.2) is 0 Å². The van der Waals surface area contributed by atoms with Gasteiger partial charge in [-0.15, -0.1) is 0 Å². The Bertz CT molecular complexity index is 607. The number of nitro groups is 1. The molecule has 8 unspecified atom stereocenters. The van der Waals surface area contributed by atoms with E-state index in [1.54, 1.807) is 0 Å². The fraction of sp³-hybridized carbons (Fsp3) is 0.957. The van der Waals surface area contributed by atoms with Gasteiger partial charge in [0.2, 0.25) is 6.04 Å². The standard InChI is InChI=1S/C21H33NO4.C2H6/c1-4-26-14-7-5-13-6-8-15-16-9-10-18(22(24)25)21(16,3)12-17(23)19(15)20(13,2)11-14;1-2/h13-16,18-19H,4-12H2,1-3H3;1-2H3. The van der Waals surface area contributed by atoms with Gasteiger partial charge in [-0.25, -0.2) is 0 Å². The molecule has 4 saturated carbocycles. The van der Waals surface area contributed by atoms with Gasteiger partial charge in [0.05, 0.1) is 6.10 Å². The van der Waals surface area contributed by atoms with E-state index in [-0.39, 0.29) is 22.4 Å². The molecule has 0 aliphatic heterocycles. The normalized spacial score (nSPS) is 47.2. The van der Waals surface area contributed by atoms with Crippen LogP contribution in [0.3, 0.4) is 0 Å². The maximum Gasteiger partial charge on any atom is 0.219 e. The highest BCUT2D eigenvalue weighted by molar-refractivity contribution is 5.84. The average molecular weight is 394 g/mol. The number of Topliss-reactive ketones (excluding diaryl/α,β-unsaturated/α-hetero) is 1. The number of nitrogens with zero attached hydrogens (tertiary/aromatic N) is 1. The van der Waals surface area contributed by atoms with Crippen molar-refractivity contribution in [2.24, 2.45) is 34.5 Å². The largest absolute Gasteiger partial charge is 0.378 e. The molecule has 0 aromatic carbocycles. The van der Waals surface area contributed by atoms with Crippen molar-refractivity contribution in [1.29, 1.82) is 0 Å². The molecule has 0 aromatic rings. The molecular weight excluding hydrogens is 354 g/mol. The quantitative estimate of drug-likeness (QED) is 0.483. The minimum Gasteiger partial charge on any atom is -0.378 e. The van der Waals surface area contributed by atoms with Crippen molar-refractivity contribution >= 4 is 5.78 Å². The van der Waals surface area contributed by atoms with Crippen LogP contribution >= 0.6 is 0 Å². The van der Waals surface area contributed by atoms with E-state index >= 15 is 0 Å². The first-order valence-electron chi connectivity index (χ1n) is 11.6. The second-order valence-corrected chi connectivity index (χ2v) is 9.91. The summed E-state index contributed by atoms with van der Waals surface area (Å²) in [6.45, 7) is 11.1. The molecule has 0 radical (unpaired) electrons. The van der Waals surface area contributed by atoms with Crippen molar-refractivity contribution in [2.45, 2.75) is 98.1 Å². The highest BCUT2D eigenvalue weighted by atomic mass is 16.6. The van der Waals surface area contributed by atoms with Crippen molar-refractivity contribution in [1.82, 2.24) is 0 Å². The van der Waals surface area contributed by atoms with Crippen molar-refractivity contribution in [3.05, 3.63) is 10.1 Å².